The molecule has 3 N–H and O–H groups in total. The van der Waals surface area contributed by atoms with Crippen LogP contribution in [0.5, 0.6) is 0 Å². The molecule has 2 aromatic rings. The van der Waals surface area contributed by atoms with E-state index in [9.17, 15) is 9.50 Å². The number of rotatable bonds is 6. The van der Waals surface area contributed by atoms with Gasteiger partial charge in [0.15, 0.2) is 11.8 Å². The second kappa shape index (κ2) is 10.7. The molecule has 0 radical (unpaired) electrons. The summed E-state index contributed by atoms with van der Waals surface area (Å²) in [6, 6.07) is 6.40. The molecule has 2 atom stereocenters. The Morgan fingerprint density at radius 3 is 2.89 bits per heavy atom. The zero-order chi connectivity index (χ0) is 19.2. The Balaban J connectivity index is 0.00000280. The van der Waals surface area contributed by atoms with Crippen molar-refractivity contribution in [3.05, 3.63) is 47.3 Å². The molecule has 3 rings (SSSR count). The predicted octanol–water partition coefficient (Wildman–Crippen LogP) is 2.20. The van der Waals surface area contributed by atoms with Gasteiger partial charge in [0.25, 0.3) is 0 Å². The smallest absolute Gasteiger partial charge is 0.191 e. The summed E-state index contributed by atoms with van der Waals surface area (Å²) in [5, 5.41) is 21.4. The van der Waals surface area contributed by atoms with Gasteiger partial charge in [0.2, 0.25) is 0 Å². The van der Waals surface area contributed by atoms with Crippen LogP contribution in [0.2, 0.25) is 0 Å². The first-order chi connectivity index (χ1) is 13.1. The molecule has 28 heavy (non-hydrogen) atoms. The first-order valence-electron chi connectivity index (χ1n) is 9.50. The van der Waals surface area contributed by atoms with Gasteiger partial charge >= 0.3 is 0 Å². The summed E-state index contributed by atoms with van der Waals surface area (Å²) in [5.41, 5.74) is 0.258. The molecule has 0 amide bonds. The molecule has 0 bridgehead atoms. The average molecular weight is 502 g/mol. The molecule has 9 heteroatoms. The van der Waals surface area contributed by atoms with Crippen LogP contribution in [0.4, 0.5) is 4.39 Å². The van der Waals surface area contributed by atoms with Crippen molar-refractivity contribution in [2.24, 2.45) is 4.99 Å². The lowest BCUT2D eigenvalue weighted by Gasteiger charge is -2.25. The fourth-order valence-corrected chi connectivity index (χ4v) is 3.16. The predicted molar refractivity (Wildman–Crippen MR) is 117 cm³/mol. The molecule has 154 valence electrons. The quantitative estimate of drug-likeness (QED) is 0.321. The van der Waals surface area contributed by atoms with Crippen molar-refractivity contribution in [3.63, 3.8) is 0 Å². The SMILES string of the molecule is CCNC(=NCC(O)c1ccccc1F)NC1CCc2nc(CC)nn2C1.I. The van der Waals surface area contributed by atoms with E-state index in [0.717, 1.165) is 37.5 Å². The number of guanidine groups is 1. The van der Waals surface area contributed by atoms with Gasteiger partial charge < -0.3 is 15.7 Å². The fraction of sp³-hybridized carbons (Fsp3) is 0.526. The first kappa shape index (κ1) is 22.5. The number of aryl methyl sites for hydroxylation is 2. The average Bonchev–Trinajstić information content (AvgIpc) is 3.09. The Morgan fingerprint density at radius 1 is 1.39 bits per heavy atom. The highest BCUT2D eigenvalue weighted by atomic mass is 127. The van der Waals surface area contributed by atoms with Crippen molar-refractivity contribution in [1.82, 2.24) is 25.4 Å². The molecule has 1 aromatic carbocycles. The van der Waals surface area contributed by atoms with Crippen molar-refractivity contribution >= 4 is 29.9 Å². The molecule has 1 aliphatic heterocycles. The van der Waals surface area contributed by atoms with E-state index in [1.54, 1.807) is 18.2 Å². The molecular weight excluding hydrogens is 474 g/mol. The van der Waals surface area contributed by atoms with Crippen LogP contribution in [0.3, 0.4) is 0 Å². The topological polar surface area (TPSA) is 87.4 Å². The van der Waals surface area contributed by atoms with Gasteiger partial charge in [0.1, 0.15) is 17.7 Å². The van der Waals surface area contributed by atoms with Gasteiger partial charge in [-0.25, -0.2) is 14.1 Å². The zero-order valence-electron chi connectivity index (χ0n) is 16.2. The van der Waals surface area contributed by atoms with Crippen molar-refractivity contribution in [1.29, 1.82) is 0 Å². The standard InChI is InChI=1S/C19H27FN6O.HI/c1-3-17-24-18-10-9-13(12-26(18)25-17)23-19(21-4-2)22-11-16(27)14-7-5-6-8-15(14)20;/h5-8,13,16,27H,3-4,9-12H2,1-2H3,(H2,21,22,23);1H. The molecule has 7 nitrogen and oxygen atoms in total. The maximum absolute atomic E-state index is 13.8. The molecule has 1 aliphatic rings. The van der Waals surface area contributed by atoms with Crippen molar-refractivity contribution in [2.45, 2.75) is 51.8 Å². The lowest BCUT2D eigenvalue weighted by atomic mass is 10.1. The Kier molecular flexibility index (Phi) is 8.61. The van der Waals surface area contributed by atoms with Crippen molar-refractivity contribution in [3.8, 4) is 0 Å². The monoisotopic (exact) mass is 502 g/mol. The highest BCUT2D eigenvalue weighted by Gasteiger charge is 2.22. The van der Waals surface area contributed by atoms with Crippen molar-refractivity contribution in [2.75, 3.05) is 13.1 Å². The number of aromatic nitrogens is 3. The number of aliphatic hydroxyl groups is 1. The highest BCUT2D eigenvalue weighted by molar-refractivity contribution is 14.0. The molecule has 1 aromatic heterocycles. The molecule has 2 unspecified atom stereocenters. The van der Waals surface area contributed by atoms with E-state index in [-0.39, 0.29) is 42.1 Å². The third kappa shape index (κ3) is 5.63. The van der Waals surface area contributed by atoms with Gasteiger partial charge in [-0.2, -0.15) is 5.10 Å². The number of aliphatic hydroxyl groups excluding tert-OH is 1. The third-order valence-corrected chi connectivity index (χ3v) is 4.59. The van der Waals surface area contributed by atoms with Crippen LogP contribution in [0.25, 0.3) is 0 Å². The van der Waals surface area contributed by atoms with Gasteiger partial charge in [0, 0.05) is 31.0 Å². The summed E-state index contributed by atoms with van der Waals surface area (Å²) < 4.78 is 15.8. The van der Waals surface area contributed by atoms with Gasteiger partial charge in [-0.05, 0) is 19.4 Å². The van der Waals surface area contributed by atoms with E-state index >= 15 is 0 Å². The zero-order valence-corrected chi connectivity index (χ0v) is 18.6. The van der Waals surface area contributed by atoms with Crippen LogP contribution < -0.4 is 10.6 Å². The van der Waals surface area contributed by atoms with E-state index in [1.165, 1.54) is 6.07 Å². The number of nitrogens with one attached hydrogen (secondary N) is 2. The number of halogens is 2. The van der Waals surface area contributed by atoms with E-state index in [0.29, 0.717) is 12.5 Å². The Labute approximate surface area is 181 Å². The second-order valence-corrected chi connectivity index (χ2v) is 6.62. The van der Waals surface area contributed by atoms with Crippen molar-refractivity contribution < 1.29 is 9.50 Å². The maximum atomic E-state index is 13.8. The Hall–Kier alpha value is -1.75. The second-order valence-electron chi connectivity index (χ2n) is 6.62. The van der Waals surface area contributed by atoms with Crippen LogP contribution in [-0.4, -0.2) is 45.0 Å². The molecule has 0 saturated heterocycles. The third-order valence-electron chi connectivity index (χ3n) is 4.59. The summed E-state index contributed by atoms with van der Waals surface area (Å²) >= 11 is 0. The van der Waals surface area contributed by atoms with E-state index in [2.05, 4.69) is 25.7 Å². The van der Waals surface area contributed by atoms with E-state index in [4.69, 9.17) is 0 Å². The summed E-state index contributed by atoms with van der Waals surface area (Å²) in [7, 11) is 0. The fourth-order valence-electron chi connectivity index (χ4n) is 3.16. The van der Waals surface area contributed by atoms with Crippen LogP contribution in [0.1, 0.15) is 43.6 Å². The minimum Gasteiger partial charge on any atom is -0.386 e. The van der Waals surface area contributed by atoms with Gasteiger partial charge in [-0.1, -0.05) is 25.1 Å². The van der Waals surface area contributed by atoms with E-state index in [1.807, 2.05) is 18.5 Å². The van der Waals surface area contributed by atoms with Crippen LogP contribution in [0, 0.1) is 5.82 Å². The number of nitrogens with zero attached hydrogens (tertiary/aromatic N) is 4. The summed E-state index contributed by atoms with van der Waals surface area (Å²) in [6.07, 6.45) is 1.64. The highest BCUT2D eigenvalue weighted by Crippen LogP contribution is 2.17. The number of hydrogen-bond acceptors (Lipinski definition) is 4. The summed E-state index contributed by atoms with van der Waals surface area (Å²) in [4.78, 5) is 8.96. The van der Waals surface area contributed by atoms with Crippen LogP contribution in [0.15, 0.2) is 29.3 Å². The van der Waals surface area contributed by atoms with Crippen LogP contribution >= 0.6 is 24.0 Å². The Morgan fingerprint density at radius 2 is 2.18 bits per heavy atom. The number of benzene rings is 1. The minimum atomic E-state index is -0.984. The van der Waals surface area contributed by atoms with Gasteiger partial charge in [0.05, 0.1) is 13.1 Å². The van der Waals surface area contributed by atoms with Crippen LogP contribution in [-0.2, 0) is 19.4 Å². The molecule has 0 aliphatic carbocycles. The maximum Gasteiger partial charge on any atom is 0.191 e. The molecule has 0 fully saturated rings. The first-order valence-corrected chi connectivity index (χ1v) is 9.50. The number of aliphatic imine (C=N–C) groups is 1. The van der Waals surface area contributed by atoms with E-state index < -0.39 is 11.9 Å². The molecule has 2 heterocycles. The number of fused-ring (bicyclic) bond motifs is 1. The normalized spacial score (nSPS) is 17.4. The molecule has 0 saturated carbocycles. The molecule has 0 spiro atoms. The Bertz CT molecular complexity index is 796. The largest absolute Gasteiger partial charge is 0.386 e. The lowest BCUT2D eigenvalue weighted by molar-refractivity contribution is 0.182. The van der Waals surface area contributed by atoms with Gasteiger partial charge in [-0.3, -0.25) is 4.99 Å². The minimum absolute atomic E-state index is 0. The summed E-state index contributed by atoms with van der Waals surface area (Å²) in [5.74, 6) is 2.09. The lowest BCUT2D eigenvalue weighted by Crippen LogP contribution is -2.47. The van der Waals surface area contributed by atoms with Gasteiger partial charge in [-0.15, -0.1) is 24.0 Å². The summed E-state index contributed by atoms with van der Waals surface area (Å²) in [6.45, 7) is 5.53. The molecular formula is C19H28FIN6O. The number of hydrogen-bond donors (Lipinski definition) is 3.